The number of benzene rings is 1. The number of nitrogens with zero attached hydrogens (tertiary/aromatic N) is 1. The Labute approximate surface area is 138 Å². The van der Waals surface area contributed by atoms with Gasteiger partial charge in [0, 0.05) is 12.2 Å². The zero-order chi connectivity index (χ0) is 16.4. The van der Waals surface area contributed by atoms with Crippen LogP contribution in [0.25, 0.3) is 10.6 Å². The number of carbonyl (C=O) groups excluding carboxylic acids is 1. The van der Waals surface area contributed by atoms with Crippen molar-refractivity contribution >= 4 is 17.2 Å². The Balaban J connectivity index is 1.77. The Morgan fingerprint density at radius 3 is 2.96 bits per heavy atom. The van der Waals surface area contributed by atoms with Gasteiger partial charge in [0.25, 0.3) is 0 Å². The molecular formula is C17H19FN2O2S. The molecular weight excluding hydrogens is 315 g/mol. The summed E-state index contributed by atoms with van der Waals surface area (Å²) in [5.74, 6) is -0.348. The van der Waals surface area contributed by atoms with Crippen molar-refractivity contribution in [2.45, 2.75) is 26.3 Å². The standard InChI is InChI=1S/C17H19FN2O2S/c1-10(19-16(21)12-7-8-22-9-12)15-11(2)20-17(23-15)13-5-3-4-6-14(13)18/h3-6,10,12H,7-9H2,1-2H3,(H,19,21). The molecule has 1 aliphatic heterocycles. The molecule has 1 aliphatic rings. The highest BCUT2D eigenvalue weighted by molar-refractivity contribution is 7.15. The summed E-state index contributed by atoms with van der Waals surface area (Å²) in [6, 6.07) is 6.45. The highest BCUT2D eigenvalue weighted by Gasteiger charge is 2.26. The SMILES string of the molecule is Cc1nc(-c2ccccc2F)sc1C(C)NC(=O)C1CCOC1. The van der Waals surface area contributed by atoms with Gasteiger partial charge in [-0.25, -0.2) is 9.37 Å². The van der Waals surface area contributed by atoms with Gasteiger partial charge in [-0.2, -0.15) is 0 Å². The van der Waals surface area contributed by atoms with Crippen LogP contribution >= 0.6 is 11.3 Å². The van der Waals surface area contributed by atoms with E-state index in [0.717, 1.165) is 17.0 Å². The van der Waals surface area contributed by atoms with Gasteiger partial charge >= 0.3 is 0 Å². The van der Waals surface area contributed by atoms with Crippen molar-refractivity contribution in [3.63, 3.8) is 0 Å². The van der Waals surface area contributed by atoms with E-state index in [1.807, 2.05) is 13.8 Å². The number of aryl methyl sites for hydroxylation is 1. The fourth-order valence-corrected chi connectivity index (χ4v) is 3.79. The van der Waals surface area contributed by atoms with Crippen LogP contribution in [0.5, 0.6) is 0 Å². The molecule has 3 rings (SSSR count). The van der Waals surface area contributed by atoms with E-state index >= 15 is 0 Å². The first-order valence-corrected chi connectivity index (χ1v) is 8.48. The second-order valence-electron chi connectivity index (χ2n) is 5.74. The maximum atomic E-state index is 13.9. The zero-order valence-corrected chi connectivity index (χ0v) is 14.0. The van der Waals surface area contributed by atoms with E-state index in [1.54, 1.807) is 18.2 Å². The third-order valence-electron chi connectivity index (χ3n) is 3.99. The summed E-state index contributed by atoms with van der Waals surface area (Å²) >= 11 is 1.42. The van der Waals surface area contributed by atoms with Crippen molar-refractivity contribution in [1.29, 1.82) is 0 Å². The predicted octanol–water partition coefficient (Wildman–Crippen LogP) is 3.47. The van der Waals surface area contributed by atoms with Gasteiger partial charge in [0.2, 0.25) is 5.91 Å². The zero-order valence-electron chi connectivity index (χ0n) is 13.1. The fraction of sp³-hybridized carbons (Fsp3) is 0.412. The number of hydrogen-bond donors (Lipinski definition) is 1. The van der Waals surface area contributed by atoms with Crippen LogP contribution in [0.2, 0.25) is 0 Å². The minimum Gasteiger partial charge on any atom is -0.381 e. The topological polar surface area (TPSA) is 51.2 Å². The third kappa shape index (κ3) is 3.43. The van der Waals surface area contributed by atoms with Crippen LogP contribution in [-0.4, -0.2) is 24.1 Å². The maximum absolute atomic E-state index is 13.9. The third-order valence-corrected chi connectivity index (χ3v) is 5.36. The Morgan fingerprint density at radius 1 is 1.48 bits per heavy atom. The molecule has 1 aromatic carbocycles. The van der Waals surface area contributed by atoms with Crippen LogP contribution in [0.4, 0.5) is 4.39 Å². The van der Waals surface area contributed by atoms with Crippen molar-refractivity contribution in [3.05, 3.63) is 40.7 Å². The van der Waals surface area contributed by atoms with Crippen molar-refractivity contribution in [2.24, 2.45) is 5.92 Å². The smallest absolute Gasteiger partial charge is 0.226 e. The maximum Gasteiger partial charge on any atom is 0.226 e. The average Bonchev–Trinajstić information content (AvgIpc) is 3.17. The highest BCUT2D eigenvalue weighted by Crippen LogP contribution is 2.33. The average molecular weight is 334 g/mol. The molecule has 0 bridgehead atoms. The number of aromatic nitrogens is 1. The van der Waals surface area contributed by atoms with Crippen LogP contribution in [0.3, 0.4) is 0 Å². The van der Waals surface area contributed by atoms with Crippen molar-refractivity contribution in [3.8, 4) is 10.6 Å². The predicted molar refractivity (Wildman–Crippen MR) is 87.7 cm³/mol. The summed E-state index contributed by atoms with van der Waals surface area (Å²) in [6.45, 7) is 4.95. The molecule has 4 nitrogen and oxygen atoms in total. The number of thiazole rings is 1. The molecule has 6 heteroatoms. The molecule has 0 aliphatic carbocycles. The molecule has 2 atom stereocenters. The molecule has 2 unspecified atom stereocenters. The van der Waals surface area contributed by atoms with Gasteiger partial charge in [0.1, 0.15) is 10.8 Å². The minimum absolute atomic E-state index is 0.00948. The second-order valence-corrected chi connectivity index (χ2v) is 6.77. The van der Waals surface area contributed by atoms with E-state index in [0.29, 0.717) is 23.8 Å². The Morgan fingerprint density at radius 2 is 2.26 bits per heavy atom. The molecule has 1 amide bonds. The number of rotatable bonds is 4. The van der Waals surface area contributed by atoms with Gasteiger partial charge in [0.15, 0.2) is 0 Å². The lowest BCUT2D eigenvalue weighted by molar-refractivity contribution is -0.125. The number of carbonyl (C=O) groups is 1. The van der Waals surface area contributed by atoms with E-state index in [2.05, 4.69) is 10.3 Å². The second kappa shape index (κ2) is 6.76. The summed E-state index contributed by atoms with van der Waals surface area (Å²) in [5, 5.41) is 3.66. The first kappa shape index (κ1) is 16.1. The quantitative estimate of drug-likeness (QED) is 0.931. The summed E-state index contributed by atoms with van der Waals surface area (Å²) < 4.78 is 19.2. The van der Waals surface area contributed by atoms with Gasteiger partial charge in [-0.05, 0) is 32.4 Å². The Bertz CT molecular complexity index is 710. The van der Waals surface area contributed by atoms with Gasteiger partial charge in [-0.1, -0.05) is 12.1 Å². The van der Waals surface area contributed by atoms with E-state index in [4.69, 9.17) is 4.74 Å². The van der Waals surface area contributed by atoms with E-state index in [9.17, 15) is 9.18 Å². The molecule has 0 spiro atoms. The van der Waals surface area contributed by atoms with Crippen molar-refractivity contribution < 1.29 is 13.9 Å². The summed E-state index contributed by atoms with van der Waals surface area (Å²) in [6.07, 6.45) is 0.765. The van der Waals surface area contributed by atoms with Crippen molar-refractivity contribution in [1.82, 2.24) is 10.3 Å². The summed E-state index contributed by atoms with van der Waals surface area (Å²) in [7, 11) is 0. The van der Waals surface area contributed by atoms with E-state index in [-0.39, 0.29) is 23.7 Å². The largest absolute Gasteiger partial charge is 0.381 e. The lowest BCUT2D eigenvalue weighted by Gasteiger charge is -2.15. The molecule has 0 radical (unpaired) electrons. The molecule has 1 aromatic heterocycles. The van der Waals surface area contributed by atoms with Gasteiger partial charge < -0.3 is 10.1 Å². The molecule has 0 saturated carbocycles. The minimum atomic E-state index is -0.285. The molecule has 23 heavy (non-hydrogen) atoms. The van der Waals surface area contributed by atoms with E-state index in [1.165, 1.54) is 17.4 Å². The lowest BCUT2D eigenvalue weighted by Crippen LogP contribution is -2.32. The Hall–Kier alpha value is -1.79. The first-order valence-electron chi connectivity index (χ1n) is 7.66. The molecule has 122 valence electrons. The number of nitrogens with one attached hydrogen (secondary N) is 1. The molecule has 2 aromatic rings. The van der Waals surface area contributed by atoms with E-state index < -0.39 is 0 Å². The Kier molecular flexibility index (Phi) is 4.73. The van der Waals surface area contributed by atoms with Crippen LogP contribution in [0, 0.1) is 18.7 Å². The monoisotopic (exact) mass is 334 g/mol. The van der Waals surface area contributed by atoms with Crippen LogP contribution in [0.1, 0.15) is 30.0 Å². The summed E-state index contributed by atoms with van der Waals surface area (Å²) in [4.78, 5) is 17.6. The van der Waals surface area contributed by atoms with Crippen LogP contribution < -0.4 is 5.32 Å². The number of hydrogen-bond acceptors (Lipinski definition) is 4. The number of ether oxygens (including phenoxy) is 1. The molecule has 1 fully saturated rings. The van der Waals surface area contributed by atoms with Gasteiger partial charge in [0.05, 0.1) is 29.1 Å². The molecule has 2 heterocycles. The normalized spacial score (nSPS) is 18.8. The molecule has 1 N–H and O–H groups in total. The number of halogens is 1. The van der Waals surface area contributed by atoms with Crippen molar-refractivity contribution in [2.75, 3.05) is 13.2 Å². The van der Waals surface area contributed by atoms with Gasteiger partial charge in [-0.3, -0.25) is 4.79 Å². The molecule has 1 saturated heterocycles. The fourth-order valence-electron chi connectivity index (χ4n) is 2.70. The van der Waals surface area contributed by atoms with Crippen LogP contribution in [-0.2, 0) is 9.53 Å². The highest BCUT2D eigenvalue weighted by atomic mass is 32.1. The lowest BCUT2D eigenvalue weighted by atomic mass is 10.1. The van der Waals surface area contributed by atoms with Crippen LogP contribution in [0.15, 0.2) is 24.3 Å². The van der Waals surface area contributed by atoms with Gasteiger partial charge in [-0.15, -0.1) is 11.3 Å². The number of amides is 1. The summed E-state index contributed by atoms with van der Waals surface area (Å²) in [5.41, 5.74) is 1.32. The first-order chi connectivity index (χ1) is 11.1.